The van der Waals surface area contributed by atoms with Gasteiger partial charge >= 0.3 is 0 Å². The van der Waals surface area contributed by atoms with Gasteiger partial charge in [-0.05, 0) is 43.8 Å². The highest BCUT2D eigenvalue weighted by atomic mass is 32.2. The molecule has 0 aliphatic carbocycles. The number of nitrogens with zero attached hydrogens (tertiary/aromatic N) is 3. The van der Waals surface area contributed by atoms with Crippen LogP contribution in [0, 0.1) is 0 Å². The minimum absolute atomic E-state index is 0.0119. The lowest BCUT2D eigenvalue weighted by molar-refractivity contribution is 0.0948. The first-order valence-electron chi connectivity index (χ1n) is 10.4. The van der Waals surface area contributed by atoms with Crippen molar-refractivity contribution in [3.63, 3.8) is 0 Å². The molecular weight excluding hydrogens is 396 g/mol. The van der Waals surface area contributed by atoms with Crippen LogP contribution in [0.1, 0.15) is 22.3 Å². The van der Waals surface area contributed by atoms with E-state index in [4.69, 9.17) is 4.42 Å². The molecule has 1 N–H and O–H groups in total. The lowest BCUT2D eigenvalue weighted by Gasteiger charge is -2.32. The summed E-state index contributed by atoms with van der Waals surface area (Å²) in [5.74, 6) is 0.625. The molecule has 1 fully saturated rings. The van der Waals surface area contributed by atoms with E-state index in [2.05, 4.69) is 27.1 Å². The molecule has 3 aromatic rings. The second kappa shape index (κ2) is 10.1. The Balaban J connectivity index is 1.28. The van der Waals surface area contributed by atoms with Crippen molar-refractivity contribution in [3.8, 4) is 0 Å². The van der Waals surface area contributed by atoms with Crippen molar-refractivity contribution < 1.29 is 9.21 Å². The molecule has 4 rings (SSSR count). The number of likely N-dealkylation sites (N-methyl/N-ethyl adjacent to an activating group) is 1. The smallest absolute Gasteiger partial charge is 0.257 e. The van der Waals surface area contributed by atoms with Gasteiger partial charge < -0.3 is 19.5 Å². The molecule has 2 aromatic carbocycles. The highest BCUT2D eigenvalue weighted by molar-refractivity contribution is 7.98. The molecule has 6 nitrogen and oxygen atoms in total. The van der Waals surface area contributed by atoms with Gasteiger partial charge in [0, 0.05) is 44.0 Å². The van der Waals surface area contributed by atoms with Crippen LogP contribution in [0.3, 0.4) is 0 Å². The van der Waals surface area contributed by atoms with E-state index >= 15 is 0 Å². The first-order valence-corrected chi connectivity index (χ1v) is 11.4. The minimum atomic E-state index is -0.0119. The Hall–Kier alpha value is -2.35. The SMILES string of the molecule is CN1CCN(CCCNC(=O)c2ccccc2CSc2nc3ccccc3o2)CC1. The number of thioether (sulfide) groups is 1. The second-order valence-electron chi connectivity index (χ2n) is 7.65. The topological polar surface area (TPSA) is 61.6 Å². The normalized spacial score (nSPS) is 15.5. The van der Waals surface area contributed by atoms with Gasteiger partial charge in [-0.1, -0.05) is 42.1 Å². The Labute approximate surface area is 181 Å². The predicted octanol–water partition coefficient (Wildman–Crippen LogP) is 3.49. The van der Waals surface area contributed by atoms with Crippen molar-refractivity contribution in [1.29, 1.82) is 0 Å². The Morgan fingerprint density at radius 1 is 1.10 bits per heavy atom. The van der Waals surface area contributed by atoms with Gasteiger partial charge in [0.1, 0.15) is 5.52 Å². The van der Waals surface area contributed by atoms with Gasteiger partial charge in [0.2, 0.25) is 0 Å². The van der Waals surface area contributed by atoms with Crippen LogP contribution in [0.5, 0.6) is 0 Å². The number of hydrogen-bond donors (Lipinski definition) is 1. The number of benzene rings is 2. The van der Waals surface area contributed by atoms with Crippen molar-refractivity contribution in [3.05, 3.63) is 59.7 Å². The van der Waals surface area contributed by atoms with E-state index in [1.54, 1.807) is 0 Å². The zero-order chi connectivity index (χ0) is 20.8. The molecule has 0 unspecified atom stereocenters. The van der Waals surface area contributed by atoms with E-state index < -0.39 is 0 Å². The number of carbonyl (C=O) groups excluding carboxylic acids is 1. The van der Waals surface area contributed by atoms with Crippen LogP contribution in [0.2, 0.25) is 0 Å². The van der Waals surface area contributed by atoms with Crippen molar-refractivity contribution in [1.82, 2.24) is 20.1 Å². The van der Waals surface area contributed by atoms with Gasteiger partial charge in [-0.3, -0.25) is 4.79 Å². The zero-order valence-corrected chi connectivity index (χ0v) is 18.2. The summed E-state index contributed by atoms with van der Waals surface area (Å²) in [4.78, 5) is 22.1. The molecular formula is C23H28N4O2S. The van der Waals surface area contributed by atoms with Crippen molar-refractivity contribution in [2.24, 2.45) is 0 Å². The van der Waals surface area contributed by atoms with Crippen LogP contribution in [0.15, 0.2) is 58.2 Å². The minimum Gasteiger partial charge on any atom is -0.431 e. The number of aromatic nitrogens is 1. The number of fused-ring (bicyclic) bond motifs is 1. The summed E-state index contributed by atoms with van der Waals surface area (Å²) < 4.78 is 5.78. The van der Waals surface area contributed by atoms with Crippen LogP contribution in [0.4, 0.5) is 0 Å². The molecule has 0 saturated carbocycles. The maximum atomic E-state index is 12.7. The van der Waals surface area contributed by atoms with Gasteiger partial charge in [-0.2, -0.15) is 0 Å². The third-order valence-corrected chi connectivity index (χ3v) is 6.30. The van der Waals surface area contributed by atoms with E-state index in [0.29, 0.717) is 17.5 Å². The summed E-state index contributed by atoms with van der Waals surface area (Å²) in [6.07, 6.45) is 0.968. The summed E-state index contributed by atoms with van der Waals surface area (Å²) in [5, 5.41) is 3.71. The first-order chi connectivity index (χ1) is 14.7. The predicted molar refractivity (Wildman–Crippen MR) is 121 cm³/mol. The standard InChI is InChI=1S/C23H28N4O2S/c1-26-13-15-27(16-14-26)12-6-11-24-22(28)19-8-3-2-7-18(19)17-30-23-25-20-9-4-5-10-21(20)29-23/h2-5,7-10H,6,11-17H2,1H3,(H,24,28). The molecule has 0 spiro atoms. The molecule has 1 aliphatic rings. The van der Waals surface area contributed by atoms with Crippen LogP contribution in [-0.4, -0.2) is 67.0 Å². The Morgan fingerprint density at radius 3 is 2.70 bits per heavy atom. The molecule has 158 valence electrons. The Kier molecular flexibility index (Phi) is 7.04. The fraction of sp³-hybridized carbons (Fsp3) is 0.391. The van der Waals surface area contributed by atoms with Crippen molar-refractivity contribution in [2.45, 2.75) is 17.4 Å². The molecule has 1 saturated heterocycles. The lowest BCUT2D eigenvalue weighted by Crippen LogP contribution is -2.45. The molecule has 0 radical (unpaired) electrons. The average Bonchev–Trinajstić information content (AvgIpc) is 3.19. The summed E-state index contributed by atoms with van der Waals surface area (Å²) in [6, 6.07) is 15.5. The summed E-state index contributed by atoms with van der Waals surface area (Å²) in [6.45, 7) is 6.19. The number of hydrogen-bond acceptors (Lipinski definition) is 6. The molecule has 0 atom stereocenters. The second-order valence-corrected chi connectivity index (χ2v) is 8.57. The highest BCUT2D eigenvalue weighted by Gasteiger charge is 2.15. The maximum absolute atomic E-state index is 12.7. The fourth-order valence-corrected chi connectivity index (χ4v) is 4.43. The van der Waals surface area contributed by atoms with Crippen LogP contribution >= 0.6 is 11.8 Å². The van der Waals surface area contributed by atoms with Crippen LogP contribution in [0.25, 0.3) is 11.1 Å². The Morgan fingerprint density at radius 2 is 1.87 bits per heavy atom. The molecule has 2 heterocycles. The Bertz CT molecular complexity index is 949. The zero-order valence-electron chi connectivity index (χ0n) is 17.3. The van der Waals surface area contributed by atoms with Gasteiger partial charge in [-0.25, -0.2) is 4.98 Å². The van der Waals surface area contributed by atoms with Gasteiger partial charge in [-0.15, -0.1) is 0 Å². The average molecular weight is 425 g/mol. The number of rotatable bonds is 8. The summed E-state index contributed by atoms with van der Waals surface area (Å²) in [5.41, 5.74) is 3.35. The summed E-state index contributed by atoms with van der Waals surface area (Å²) >= 11 is 1.51. The molecule has 1 amide bonds. The van der Waals surface area contributed by atoms with Gasteiger partial charge in [0.25, 0.3) is 11.1 Å². The number of nitrogens with one attached hydrogen (secondary N) is 1. The lowest BCUT2D eigenvalue weighted by atomic mass is 10.1. The van der Waals surface area contributed by atoms with Crippen LogP contribution in [-0.2, 0) is 5.75 Å². The first kappa shape index (κ1) is 20.9. The van der Waals surface area contributed by atoms with E-state index in [1.165, 1.54) is 11.8 Å². The van der Waals surface area contributed by atoms with E-state index in [0.717, 1.165) is 61.4 Å². The van der Waals surface area contributed by atoms with Gasteiger partial charge in [0.05, 0.1) is 0 Å². The number of carbonyl (C=O) groups is 1. The van der Waals surface area contributed by atoms with E-state index in [-0.39, 0.29) is 5.91 Å². The van der Waals surface area contributed by atoms with Crippen molar-refractivity contribution in [2.75, 3.05) is 46.3 Å². The molecule has 7 heteroatoms. The molecule has 0 bridgehead atoms. The third kappa shape index (κ3) is 5.41. The molecule has 1 aromatic heterocycles. The van der Waals surface area contributed by atoms with Gasteiger partial charge in [0.15, 0.2) is 5.58 Å². The fourth-order valence-electron chi connectivity index (χ4n) is 3.59. The quantitative estimate of drug-likeness (QED) is 0.441. The number of amides is 1. The van der Waals surface area contributed by atoms with E-state index in [1.807, 2.05) is 48.5 Å². The number of para-hydroxylation sites is 2. The molecule has 30 heavy (non-hydrogen) atoms. The van der Waals surface area contributed by atoms with Crippen molar-refractivity contribution >= 4 is 28.8 Å². The van der Waals surface area contributed by atoms with Crippen LogP contribution < -0.4 is 5.32 Å². The summed E-state index contributed by atoms with van der Waals surface area (Å²) in [7, 11) is 2.16. The monoisotopic (exact) mass is 424 g/mol. The maximum Gasteiger partial charge on any atom is 0.257 e. The highest BCUT2D eigenvalue weighted by Crippen LogP contribution is 2.27. The molecule has 1 aliphatic heterocycles. The number of oxazole rings is 1. The number of piperazine rings is 1. The third-order valence-electron chi connectivity index (χ3n) is 5.42. The largest absolute Gasteiger partial charge is 0.431 e. The van der Waals surface area contributed by atoms with E-state index in [9.17, 15) is 4.79 Å².